The maximum atomic E-state index is 11.8. The minimum absolute atomic E-state index is 0. The molecule has 306 valence electrons. The van der Waals surface area contributed by atoms with Crippen LogP contribution in [-0.4, -0.2) is 19.6 Å². The van der Waals surface area contributed by atoms with Gasteiger partial charge in [0, 0.05) is 39.8 Å². The fraction of sp³-hybridized carbons (Fsp3) is 0.236. The molecule has 0 aliphatic carbocycles. The number of aryl methyl sites for hydroxylation is 3. The smallest absolute Gasteiger partial charge is 0.148 e. The Morgan fingerprint density at radius 3 is 2.15 bits per heavy atom. The number of phenolic OH excluding ortho intramolecular Hbond substituents is 1. The minimum atomic E-state index is -2.71. The number of hydrogen-bond donors (Lipinski definition) is 1. The Labute approximate surface area is 389 Å². The van der Waals surface area contributed by atoms with Gasteiger partial charge in [0.05, 0.1) is 33.3 Å². The van der Waals surface area contributed by atoms with Crippen LogP contribution < -0.4 is 0 Å². The Kier molecular flexibility index (Phi) is 8.08. The summed E-state index contributed by atoms with van der Waals surface area (Å²) >= 11 is 0. The summed E-state index contributed by atoms with van der Waals surface area (Å²) in [5.41, 5.74) is 5.70. The van der Waals surface area contributed by atoms with Crippen molar-refractivity contribution in [2.24, 2.45) is 0 Å². The summed E-state index contributed by atoms with van der Waals surface area (Å²) in [4.78, 5) is 9.64. The summed E-state index contributed by atoms with van der Waals surface area (Å²) in [6.07, 6.45) is -0.583. The zero-order chi connectivity index (χ0) is 53.1. The summed E-state index contributed by atoms with van der Waals surface area (Å²) in [5.74, 6) is -2.05. The number of benzene rings is 6. The normalized spacial score (nSPS) is 15.4. The van der Waals surface area contributed by atoms with Gasteiger partial charge in [0.1, 0.15) is 11.6 Å². The quantitative estimate of drug-likeness (QED) is 0.154. The molecule has 0 unspecified atom stereocenters. The number of aromatic hydroxyl groups is 1. The molecule has 1 N–H and O–H groups in total. The first-order valence-corrected chi connectivity index (χ1v) is 19.6. The van der Waals surface area contributed by atoms with Crippen molar-refractivity contribution >= 4 is 11.0 Å². The molecular weight excluding hydrogens is 914 g/mol. The topological polar surface area (TPSA) is 50.9 Å². The molecule has 5 heteroatoms. The molecule has 2 aromatic heterocycles. The number of hydrogen-bond acceptors (Lipinski definition) is 3. The second-order valence-electron chi connectivity index (χ2n) is 16.5. The molecule has 0 aliphatic rings. The van der Waals surface area contributed by atoms with Gasteiger partial charge in [0.2, 0.25) is 0 Å². The number of nitrogens with zero attached hydrogens (tertiary/aromatic N) is 3. The molecule has 0 bridgehead atoms. The zero-order valence-electron chi connectivity index (χ0n) is 48.1. The largest absolute Gasteiger partial charge is 0.507 e. The number of para-hydroxylation sites is 1. The number of rotatable bonds is 8. The van der Waals surface area contributed by atoms with Gasteiger partial charge >= 0.3 is 0 Å². The number of aromatic nitrogens is 3. The third-order valence-electron chi connectivity index (χ3n) is 10.7. The molecule has 8 rings (SSSR count). The van der Waals surface area contributed by atoms with Crippen LogP contribution in [0, 0.1) is 26.8 Å². The first-order chi connectivity index (χ1) is 33.3. The van der Waals surface area contributed by atoms with Crippen LogP contribution in [0.15, 0.2) is 127 Å². The second-order valence-corrected chi connectivity index (χ2v) is 16.5. The fourth-order valence-corrected chi connectivity index (χ4v) is 7.68. The first kappa shape index (κ1) is 28.8. The van der Waals surface area contributed by atoms with Crippen LogP contribution in [-0.2, 0) is 26.5 Å². The van der Waals surface area contributed by atoms with Gasteiger partial charge in [-0.05, 0) is 118 Å². The second kappa shape index (κ2) is 16.8. The van der Waals surface area contributed by atoms with E-state index in [0.29, 0.717) is 55.5 Å². The average Bonchev–Trinajstić information content (AvgIpc) is 3.69. The van der Waals surface area contributed by atoms with Gasteiger partial charge in [-0.15, -0.1) is 29.3 Å². The molecule has 60 heavy (non-hydrogen) atoms. The first-order valence-electron chi connectivity index (χ1n) is 26.1. The third kappa shape index (κ3) is 8.03. The van der Waals surface area contributed by atoms with Crippen molar-refractivity contribution in [2.75, 3.05) is 0 Å². The summed E-state index contributed by atoms with van der Waals surface area (Å²) in [6.45, 7) is 13.9. The Morgan fingerprint density at radius 2 is 1.47 bits per heavy atom. The number of fused-ring (bicyclic) bond motifs is 1. The van der Waals surface area contributed by atoms with Gasteiger partial charge in [0.25, 0.3) is 0 Å². The monoisotopic (exact) mass is 980 g/mol. The van der Waals surface area contributed by atoms with Crippen LogP contribution in [0.1, 0.15) is 111 Å². The Balaban J connectivity index is 0.00000780. The van der Waals surface area contributed by atoms with Crippen molar-refractivity contribution in [3.8, 4) is 67.5 Å². The molecule has 0 amide bonds. The van der Waals surface area contributed by atoms with Gasteiger partial charge < -0.3 is 5.11 Å². The molecule has 0 atom stereocenters. The molecule has 8 aromatic rings. The maximum absolute atomic E-state index is 11.8. The molecule has 0 aliphatic heterocycles. The molecule has 0 radical (unpaired) electrons. The molecule has 6 aromatic carbocycles. The standard InChI is InChI=1S/C55H54N3O.Pt/c1-33(2)44-18-14-19-45(34(3)4)51(44)40-22-23-49(36(6)28-40)58-50-21-15-20-46(52(50)57-54(58)47-27-35(5)26-37(7)53(47)59)41-29-42(31-43(30-41)55(8,9)10)48-32-39(24-25-56-48)38-16-12-11-13-17-38;/h11-28,30-34,59H,1-10H3;/q-1;/i6D3,11D,12D,13D,16D,17D,24D,25D,32D,33D,34D;. The molecule has 0 saturated carbocycles. The van der Waals surface area contributed by atoms with Gasteiger partial charge in [0.15, 0.2) is 0 Å². The van der Waals surface area contributed by atoms with E-state index in [2.05, 4.69) is 11.1 Å². The van der Waals surface area contributed by atoms with Crippen LogP contribution in [0.3, 0.4) is 0 Å². The van der Waals surface area contributed by atoms with E-state index in [1.807, 2.05) is 64.1 Å². The minimum Gasteiger partial charge on any atom is -0.507 e. The maximum Gasteiger partial charge on any atom is 0.148 e. The Hall–Kier alpha value is -5.57. The number of pyridine rings is 1. The molecule has 0 fully saturated rings. The van der Waals surface area contributed by atoms with Crippen molar-refractivity contribution < 1.29 is 44.0 Å². The summed E-state index contributed by atoms with van der Waals surface area (Å²) in [5, 5.41) is 11.8. The van der Waals surface area contributed by atoms with Crippen LogP contribution in [0.25, 0.3) is 72.7 Å². The third-order valence-corrected chi connectivity index (χ3v) is 10.7. The molecule has 4 nitrogen and oxygen atoms in total. The fourth-order valence-electron chi connectivity index (χ4n) is 7.68. The van der Waals surface area contributed by atoms with E-state index in [9.17, 15) is 6.48 Å². The van der Waals surface area contributed by atoms with Gasteiger partial charge in [-0.1, -0.05) is 138 Å². The molecular formula is C55H54N3OPt-. The Bertz CT molecular complexity index is 3480. The van der Waals surface area contributed by atoms with Crippen LogP contribution in [0.5, 0.6) is 5.75 Å². The molecule has 0 saturated heterocycles. The van der Waals surface area contributed by atoms with Crippen LogP contribution >= 0.6 is 0 Å². The van der Waals surface area contributed by atoms with Crippen molar-refractivity contribution in [3.63, 3.8) is 0 Å². The van der Waals surface area contributed by atoms with Crippen molar-refractivity contribution in [1.29, 1.82) is 0 Å². The van der Waals surface area contributed by atoms with Gasteiger partial charge in [-0.25, -0.2) is 4.98 Å². The molecule has 2 heterocycles. The van der Waals surface area contributed by atoms with Gasteiger partial charge in [-0.3, -0.25) is 9.55 Å². The molecule has 0 spiro atoms. The summed E-state index contributed by atoms with van der Waals surface area (Å²) in [6, 6.07) is 22.5. The van der Waals surface area contributed by atoms with E-state index in [0.717, 1.165) is 11.1 Å². The summed E-state index contributed by atoms with van der Waals surface area (Å²) < 4.78 is 116. The van der Waals surface area contributed by atoms with Crippen molar-refractivity contribution in [1.82, 2.24) is 14.5 Å². The average molecular weight is 981 g/mol. The Morgan fingerprint density at radius 1 is 0.767 bits per heavy atom. The predicted octanol–water partition coefficient (Wildman–Crippen LogP) is 14.7. The van der Waals surface area contributed by atoms with Gasteiger partial charge in [-0.2, -0.15) is 0 Å². The van der Waals surface area contributed by atoms with E-state index < -0.39 is 78.1 Å². The SMILES string of the molecule is [2H]c1nc(-c2[c-]c(-c3cccc4c3nc(-c3cc(C)cc(C)c3O)n4-c3ccc(-c4c(C([2H])(C)C)cccc4C([2H])(C)C)cc3C([2H])([2H])[2H])cc(C(C)(C)C)c2)c([2H])c(-c2c([2H])c([2H])c([2H])c([2H])c2[2H])c1[2H].[Pt]. The zero-order valence-corrected chi connectivity index (χ0v) is 37.4. The van der Waals surface area contributed by atoms with Crippen molar-refractivity contribution in [2.45, 2.75) is 86.4 Å². The van der Waals surface area contributed by atoms with E-state index in [-0.39, 0.29) is 60.7 Å². The summed E-state index contributed by atoms with van der Waals surface area (Å²) in [7, 11) is 0. The van der Waals surface area contributed by atoms with Crippen LogP contribution in [0.4, 0.5) is 0 Å². The number of phenols is 1. The van der Waals surface area contributed by atoms with Crippen LogP contribution in [0.2, 0.25) is 0 Å². The van der Waals surface area contributed by atoms with E-state index in [1.165, 1.54) is 0 Å². The number of imidazole rings is 1. The predicted molar refractivity (Wildman–Crippen MR) is 248 cm³/mol. The van der Waals surface area contributed by atoms with Crippen molar-refractivity contribution in [3.05, 3.63) is 167 Å². The van der Waals surface area contributed by atoms with E-state index >= 15 is 0 Å². The van der Waals surface area contributed by atoms with E-state index in [1.54, 1.807) is 81.7 Å². The van der Waals surface area contributed by atoms with E-state index in [4.69, 9.17) is 21.4 Å².